The molecular formula is C12H17BrFNO. The van der Waals surface area contributed by atoms with Gasteiger partial charge in [0.1, 0.15) is 5.82 Å². The molecule has 0 fully saturated rings. The minimum Gasteiger partial charge on any atom is -0.394 e. The Labute approximate surface area is 104 Å². The van der Waals surface area contributed by atoms with Gasteiger partial charge < -0.3 is 5.11 Å². The highest BCUT2D eigenvalue weighted by atomic mass is 79.9. The van der Waals surface area contributed by atoms with Crippen molar-refractivity contribution >= 4 is 15.9 Å². The van der Waals surface area contributed by atoms with Crippen LogP contribution < -0.4 is 0 Å². The molecule has 0 spiro atoms. The summed E-state index contributed by atoms with van der Waals surface area (Å²) in [6.07, 6.45) is 0. The summed E-state index contributed by atoms with van der Waals surface area (Å²) in [4.78, 5) is 1.99. The Bertz CT molecular complexity index is 348. The number of hydrogen-bond acceptors (Lipinski definition) is 2. The van der Waals surface area contributed by atoms with Crippen LogP contribution in [0.2, 0.25) is 0 Å². The topological polar surface area (TPSA) is 23.5 Å². The fourth-order valence-electron chi connectivity index (χ4n) is 1.31. The molecule has 0 radical (unpaired) electrons. The molecule has 0 saturated heterocycles. The summed E-state index contributed by atoms with van der Waals surface area (Å²) >= 11 is 3.26. The van der Waals surface area contributed by atoms with Crippen molar-refractivity contribution < 1.29 is 9.50 Å². The summed E-state index contributed by atoms with van der Waals surface area (Å²) in [6, 6.07) is 4.82. The minimum absolute atomic E-state index is 0.0694. The van der Waals surface area contributed by atoms with Gasteiger partial charge in [-0.1, -0.05) is 15.9 Å². The number of likely N-dealkylation sites (N-methyl/N-ethyl adjacent to an activating group) is 1. The molecule has 0 aliphatic carbocycles. The minimum atomic E-state index is -0.307. The normalized spacial score (nSPS) is 12.2. The second-order valence-corrected chi connectivity index (χ2v) is 5.52. The summed E-state index contributed by atoms with van der Waals surface area (Å²) in [5, 5.41) is 9.23. The van der Waals surface area contributed by atoms with Crippen molar-refractivity contribution in [3.63, 3.8) is 0 Å². The first-order valence-corrected chi connectivity index (χ1v) is 5.91. The Hall–Kier alpha value is -0.450. The van der Waals surface area contributed by atoms with E-state index in [-0.39, 0.29) is 18.0 Å². The van der Waals surface area contributed by atoms with Crippen molar-refractivity contribution in [2.24, 2.45) is 0 Å². The van der Waals surface area contributed by atoms with Crippen molar-refractivity contribution in [2.75, 3.05) is 13.7 Å². The fraction of sp³-hybridized carbons (Fsp3) is 0.500. The Balaban J connectivity index is 2.80. The van der Waals surface area contributed by atoms with Gasteiger partial charge in [0.05, 0.1) is 6.61 Å². The summed E-state index contributed by atoms with van der Waals surface area (Å²) in [5.74, 6) is -0.250. The van der Waals surface area contributed by atoms with E-state index in [0.29, 0.717) is 6.54 Å². The van der Waals surface area contributed by atoms with Gasteiger partial charge in [-0.3, -0.25) is 4.90 Å². The van der Waals surface area contributed by atoms with Crippen LogP contribution in [-0.4, -0.2) is 29.2 Å². The number of aliphatic hydroxyl groups excluding tert-OH is 1. The van der Waals surface area contributed by atoms with Crippen LogP contribution in [0.5, 0.6) is 0 Å². The monoisotopic (exact) mass is 289 g/mol. The predicted octanol–water partition coefficient (Wildman–Crippen LogP) is 2.79. The second kappa shape index (κ2) is 5.25. The maximum absolute atomic E-state index is 13.2. The van der Waals surface area contributed by atoms with Crippen LogP contribution in [-0.2, 0) is 6.54 Å². The van der Waals surface area contributed by atoms with Crippen molar-refractivity contribution in [1.82, 2.24) is 4.90 Å². The van der Waals surface area contributed by atoms with Crippen LogP contribution >= 0.6 is 15.9 Å². The van der Waals surface area contributed by atoms with E-state index in [0.717, 1.165) is 10.0 Å². The van der Waals surface area contributed by atoms with E-state index >= 15 is 0 Å². The number of rotatable bonds is 4. The molecule has 1 N–H and O–H groups in total. The Kier molecular flexibility index (Phi) is 4.47. The number of hydrogen-bond donors (Lipinski definition) is 1. The molecule has 2 nitrogen and oxygen atoms in total. The molecule has 4 heteroatoms. The third-order valence-corrected chi connectivity index (χ3v) is 3.22. The first kappa shape index (κ1) is 13.6. The summed E-state index contributed by atoms with van der Waals surface area (Å²) in [5.41, 5.74) is 0.578. The maximum Gasteiger partial charge on any atom is 0.124 e. The van der Waals surface area contributed by atoms with E-state index < -0.39 is 0 Å². The molecule has 0 amide bonds. The lowest BCUT2D eigenvalue weighted by Gasteiger charge is -2.33. The highest BCUT2D eigenvalue weighted by Crippen LogP contribution is 2.19. The zero-order valence-corrected chi connectivity index (χ0v) is 11.4. The number of aliphatic hydroxyl groups is 1. The molecule has 1 aromatic carbocycles. The van der Waals surface area contributed by atoms with E-state index in [1.165, 1.54) is 12.1 Å². The Morgan fingerprint density at radius 2 is 2.00 bits per heavy atom. The van der Waals surface area contributed by atoms with E-state index in [2.05, 4.69) is 15.9 Å². The Morgan fingerprint density at radius 1 is 1.38 bits per heavy atom. The van der Waals surface area contributed by atoms with Crippen LogP contribution in [0.1, 0.15) is 19.4 Å². The van der Waals surface area contributed by atoms with Gasteiger partial charge in [-0.2, -0.15) is 0 Å². The highest BCUT2D eigenvalue weighted by Gasteiger charge is 2.22. The van der Waals surface area contributed by atoms with E-state index in [1.807, 2.05) is 31.9 Å². The molecule has 0 aliphatic rings. The molecule has 0 bridgehead atoms. The Morgan fingerprint density at radius 3 is 2.50 bits per heavy atom. The lowest BCUT2D eigenvalue weighted by Crippen LogP contribution is -2.43. The summed E-state index contributed by atoms with van der Waals surface area (Å²) < 4.78 is 13.9. The van der Waals surface area contributed by atoms with Crippen molar-refractivity contribution in [3.05, 3.63) is 34.1 Å². The molecule has 0 aliphatic heterocycles. The van der Waals surface area contributed by atoms with Gasteiger partial charge in [0.2, 0.25) is 0 Å². The molecule has 1 aromatic rings. The summed E-state index contributed by atoms with van der Waals surface area (Å²) in [6.45, 7) is 4.56. The van der Waals surface area contributed by atoms with Gasteiger partial charge in [-0.05, 0) is 44.7 Å². The van der Waals surface area contributed by atoms with Gasteiger partial charge in [-0.25, -0.2) is 4.39 Å². The largest absolute Gasteiger partial charge is 0.394 e. The molecule has 0 saturated carbocycles. The van der Waals surface area contributed by atoms with Gasteiger partial charge >= 0.3 is 0 Å². The van der Waals surface area contributed by atoms with Crippen LogP contribution in [0, 0.1) is 5.82 Å². The fourth-order valence-corrected chi connectivity index (χ4v) is 1.82. The molecule has 0 aromatic heterocycles. The lowest BCUT2D eigenvalue weighted by atomic mass is 10.0. The number of benzene rings is 1. The van der Waals surface area contributed by atoms with Crippen LogP contribution in [0.15, 0.2) is 22.7 Å². The summed E-state index contributed by atoms with van der Waals surface area (Å²) in [7, 11) is 1.91. The molecule has 1 rings (SSSR count). The van der Waals surface area contributed by atoms with Gasteiger partial charge in [-0.15, -0.1) is 0 Å². The highest BCUT2D eigenvalue weighted by molar-refractivity contribution is 9.10. The van der Waals surface area contributed by atoms with Crippen molar-refractivity contribution in [3.8, 4) is 0 Å². The average Bonchev–Trinajstić information content (AvgIpc) is 2.15. The smallest absolute Gasteiger partial charge is 0.124 e. The van der Waals surface area contributed by atoms with Crippen molar-refractivity contribution in [2.45, 2.75) is 25.9 Å². The molecule has 90 valence electrons. The molecule has 0 unspecified atom stereocenters. The van der Waals surface area contributed by atoms with Crippen molar-refractivity contribution in [1.29, 1.82) is 0 Å². The first-order valence-electron chi connectivity index (χ1n) is 5.12. The number of halogens is 2. The van der Waals surface area contributed by atoms with Gasteiger partial charge in [0.15, 0.2) is 0 Å². The molecular weight excluding hydrogens is 273 g/mol. The maximum atomic E-state index is 13.2. The van der Waals surface area contributed by atoms with E-state index in [1.54, 1.807) is 0 Å². The van der Waals surface area contributed by atoms with Gasteiger partial charge in [0.25, 0.3) is 0 Å². The first-order chi connectivity index (χ1) is 7.35. The predicted molar refractivity (Wildman–Crippen MR) is 66.7 cm³/mol. The second-order valence-electron chi connectivity index (χ2n) is 4.60. The van der Waals surface area contributed by atoms with E-state index in [9.17, 15) is 9.50 Å². The quantitative estimate of drug-likeness (QED) is 0.921. The third kappa shape index (κ3) is 3.54. The van der Waals surface area contributed by atoms with E-state index in [4.69, 9.17) is 0 Å². The standard InChI is InChI=1S/C12H17BrFNO/c1-12(2,8-16)15(3)7-9-4-10(13)6-11(14)5-9/h4-6,16H,7-8H2,1-3H3. The van der Waals surface area contributed by atoms with Crippen LogP contribution in [0.3, 0.4) is 0 Å². The SMILES string of the molecule is CN(Cc1cc(F)cc(Br)c1)C(C)(C)CO. The lowest BCUT2D eigenvalue weighted by molar-refractivity contribution is 0.0733. The molecule has 16 heavy (non-hydrogen) atoms. The zero-order chi connectivity index (χ0) is 12.3. The van der Waals surface area contributed by atoms with Gasteiger partial charge in [0, 0.05) is 16.6 Å². The van der Waals surface area contributed by atoms with Crippen LogP contribution in [0.25, 0.3) is 0 Å². The molecule has 0 atom stereocenters. The molecule has 0 heterocycles. The average molecular weight is 290 g/mol. The zero-order valence-electron chi connectivity index (χ0n) is 9.80. The number of nitrogens with zero attached hydrogens (tertiary/aromatic N) is 1. The van der Waals surface area contributed by atoms with Crippen LogP contribution in [0.4, 0.5) is 4.39 Å². The third-order valence-electron chi connectivity index (χ3n) is 2.76.